The third kappa shape index (κ3) is 5.55. The Morgan fingerprint density at radius 2 is 1.84 bits per heavy atom. The van der Waals surface area contributed by atoms with Gasteiger partial charge in [0.2, 0.25) is 18.4 Å². The molecule has 2 aromatic rings. The Morgan fingerprint density at radius 1 is 1.16 bits per heavy atom. The maximum atomic E-state index is 8.80. The van der Waals surface area contributed by atoms with Crippen LogP contribution in [0.5, 0.6) is 0 Å². The molecule has 0 saturated carbocycles. The number of hydrogen-bond donors (Lipinski definition) is 2. The molecule has 0 bridgehead atoms. The second kappa shape index (κ2) is 8.76. The van der Waals surface area contributed by atoms with Gasteiger partial charge in [0.25, 0.3) is 0 Å². The van der Waals surface area contributed by atoms with E-state index in [0.29, 0.717) is 41.5 Å². The van der Waals surface area contributed by atoms with Crippen molar-refractivity contribution in [3.8, 4) is 17.6 Å². The van der Waals surface area contributed by atoms with E-state index in [1.165, 1.54) is 0 Å². The van der Waals surface area contributed by atoms with Gasteiger partial charge in [-0.3, -0.25) is 0 Å². The second-order valence-electron chi connectivity index (χ2n) is 5.45. The van der Waals surface area contributed by atoms with E-state index >= 15 is 0 Å². The lowest BCUT2D eigenvalue weighted by atomic mass is 10.2. The second-order valence-corrected chi connectivity index (χ2v) is 5.83. The van der Waals surface area contributed by atoms with Crippen LogP contribution in [0.4, 0.5) is 11.9 Å². The van der Waals surface area contributed by atoms with Crippen LogP contribution in [0, 0.1) is 17.9 Å². The maximum absolute atomic E-state index is 8.80. The highest BCUT2D eigenvalue weighted by Crippen LogP contribution is 2.19. The molecular weight excluding hydrogens is 340 g/mol. The topological polar surface area (TPSA) is 104 Å². The van der Waals surface area contributed by atoms with Crippen LogP contribution in [0.25, 0.3) is 16.4 Å². The fourth-order valence-electron chi connectivity index (χ4n) is 1.96. The number of nitrogens with one attached hydrogen (secondary N) is 2. The highest BCUT2D eigenvalue weighted by Gasteiger charge is 2.14. The van der Waals surface area contributed by atoms with Gasteiger partial charge in [0.15, 0.2) is 5.82 Å². The smallest absolute Gasteiger partial charge is 0.234 e. The number of pyridine rings is 1. The monoisotopic (exact) mass is 356 g/mol. The predicted molar refractivity (Wildman–Crippen MR) is 95.9 cm³/mol. The van der Waals surface area contributed by atoms with Crippen LogP contribution in [0.15, 0.2) is 18.2 Å². The molecule has 2 N–H and O–H groups in total. The van der Waals surface area contributed by atoms with E-state index in [4.69, 9.17) is 23.4 Å². The van der Waals surface area contributed by atoms with Crippen molar-refractivity contribution in [1.29, 1.82) is 5.26 Å². The molecule has 25 heavy (non-hydrogen) atoms. The van der Waals surface area contributed by atoms with Gasteiger partial charge in [0.05, 0.1) is 18.5 Å². The SMILES string of the molecule is [C-]#[N+]CC(C)Nc1nc(NC(C)CC#N)nc(-c2cccc(Cl)n2)n1. The average molecular weight is 357 g/mol. The Morgan fingerprint density at radius 3 is 2.44 bits per heavy atom. The molecule has 0 saturated heterocycles. The molecule has 9 heteroatoms. The summed E-state index contributed by atoms with van der Waals surface area (Å²) < 4.78 is 0. The van der Waals surface area contributed by atoms with Crippen LogP contribution in [-0.2, 0) is 0 Å². The van der Waals surface area contributed by atoms with E-state index < -0.39 is 0 Å². The Labute approximate surface area is 151 Å². The number of nitriles is 1. The van der Waals surface area contributed by atoms with Crippen molar-refractivity contribution in [1.82, 2.24) is 19.9 Å². The first-order chi connectivity index (χ1) is 12.0. The number of aromatic nitrogens is 4. The number of anilines is 2. The summed E-state index contributed by atoms with van der Waals surface area (Å²) in [5.41, 5.74) is 0.506. The summed E-state index contributed by atoms with van der Waals surface area (Å²) in [4.78, 5) is 20.6. The van der Waals surface area contributed by atoms with Crippen molar-refractivity contribution in [2.45, 2.75) is 32.4 Å². The summed E-state index contributed by atoms with van der Waals surface area (Å²) in [5, 5.41) is 15.3. The third-order valence-electron chi connectivity index (χ3n) is 3.09. The Kier molecular flexibility index (Phi) is 6.44. The average Bonchev–Trinajstić information content (AvgIpc) is 2.55. The summed E-state index contributed by atoms with van der Waals surface area (Å²) in [6.45, 7) is 11.0. The first-order valence-corrected chi connectivity index (χ1v) is 8.02. The quantitative estimate of drug-likeness (QED) is 0.580. The molecule has 2 unspecified atom stereocenters. The lowest BCUT2D eigenvalue weighted by molar-refractivity contribution is 0.796. The van der Waals surface area contributed by atoms with Gasteiger partial charge < -0.3 is 15.5 Å². The number of halogens is 1. The molecule has 2 rings (SSSR count). The van der Waals surface area contributed by atoms with Crippen LogP contribution in [-0.4, -0.2) is 38.6 Å². The Bertz CT molecular complexity index is 768. The molecule has 0 aliphatic heterocycles. The van der Waals surface area contributed by atoms with Gasteiger partial charge in [0, 0.05) is 6.04 Å². The number of nitrogens with zero attached hydrogens (tertiary/aromatic N) is 6. The van der Waals surface area contributed by atoms with Gasteiger partial charge >= 0.3 is 0 Å². The fourth-order valence-corrected chi connectivity index (χ4v) is 2.13. The molecule has 0 amide bonds. The standard InChI is InChI=1S/C16H17ClN8/c1-10(7-8-18)20-15-23-14(12-5-4-6-13(17)22-12)24-16(25-15)21-11(2)9-19-3/h4-6,10-11H,7,9H2,1-2H3,(H2,20,21,23,24,25). The van der Waals surface area contributed by atoms with E-state index in [9.17, 15) is 0 Å². The fraction of sp³-hybridized carbons (Fsp3) is 0.375. The van der Waals surface area contributed by atoms with Gasteiger partial charge in [0.1, 0.15) is 10.8 Å². The molecule has 2 aromatic heterocycles. The summed E-state index contributed by atoms with van der Waals surface area (Å²) >= 11 is 5.94. The summed E-state index contributed by atoms with van der Waals surface area (Å²) in [6, 6.07) is 7.02. The molecule has 0 radical (unpaired) electrons. The van der Waals surface area contributed by atoms with E-state index in [0.717, 1.165) is 0 Å². The highest BCUT2D eigenvalue weighted by molar-refractivity contribution is 6.29. The van der Waals surface area contributed by atoms with Gasteiger partial charge in [-0.25, -0.2) is 11.6 Å². The zero-order valence-electron chi connectivity index (χ0n) is 13.9. The molecule has 128 valence electrons. The molecule has 2 atom stereocenters. The van der Waals surface area contributed by atoms with Crippen LogP contribution < -0.4 is 10.6 Å². The van der Waals surface area contributed by atoms with E-state index in [1.807, 2.05) is 13.8 Å². The molecule has 0 aliphatic carbocycles. The summed E-state index contributed by atoms with van der Waals surface area (Å²) in [5.74, 6) is 1.00. The first-order valence-electron chi connectivity index (χ1n) is 7.64. The Hall–Kier alpha value is -2.97. The van der Waals surface area contributed by atoms with Crippen LogP contribution >= 0.6 is 11.6 Å². The molecule has 0 aromatic carbocycles. The number of hydrogen-bond acceptors (Lipinski definition) is 7. The maximum Gasteiger partial charge on any atom is 0.234 e. The van der Waals surface area contributed by atoms with E-state index in [1.54, 1.807) is 18.2 Å². The first kappa shape index (κ1) is 18.4. The van der Waals surface area contributed by atoms with E-state index in [-0.39, 0.29) is 12.1 Å². The minimum absolute atomic E-state index is 0.121. The van der Waals surface area contributed by atoms with Crippen molar-refractivity contribution in [3.05, 3.63) is 34.8 Å². The predicted octanol–water partition coefficient (Wildman–Crippen LogP) is 3.02. The van der Waals surface area contributed by atoms with E-state index in [2.05, 4.69) is 41.5 Å². The van der Waals surface area contributed by atoms with Gasteiger partial charge in [-0.15, -0.1) is 0 Å². The van der Waals surface area contributed by atoms with Crippen LogP contribution in [0.1, 0.15) is 20.3 Å². The number of rotatable bonds is 7. The molecule has 0 fully saturated rings. The van der Waals surface area contributed by atoms with Crippen LogP contribution in [0.2, 0.25) is 5.15 Å². The summed E-state index contributed by atoms with van der Waals surface area (Å²) in [7, 11) is 0. The minimum atomic E-state index is -0.124. The normalized spacial score (nSPS) is 12.5. The van der Waals surface area contributed by atoms with Crippen molar-refractivity contribution in [3.63, 3.8) is 0 Å². The van der Waals surface area contributed by atoms with Gasteiger partial charge in [-0.05, 0) is 26.0 Å². The molecule has 8 nitrogen and oxygen atoms in total. The van der Waals surface area contributed by atoms with Gasteiger partial charge in [-0.2, -0.15) is 20.2 Å². The zero-order chi connectivity index (χ0) is 18.2. The van der Waals surface area contributed by atoms with Crippen molar-refractivity contribution in [2.75, 3.05) is 17.2 Å². The lowest BCUT2D eigenvalue weighted by Gasteiger charge is -2.14. The van der Waals surface area contributed by atoms with Crippen molar-refractivity contribution >= 4 is 23.5 Å². The molecule has 0 aliphatic rings. The highest BCUT2D eigenvalue weighted by atomic mass is 35.5. The lowest BCUT2D eigenvalue weighted by Crippen LogP contribution is -2.22. The van der Waals surface area contributed by atoms with Gasteiger partial charge in [-0.1, -0.05) is 17.7 Å². The minimum Gasteiger partial charge on any atom is -0.351 e. The van der Waals surface area contributed by atoms with Crippen molar-refractivity contribution < 1.29 is 0 Å². The van der Waals surface area contributed by atoms with Crippen LogP contribution in [0.3, 0.4) is 0 Å². The Balaban J connectivity index is 2.37. The largest absolute Gasteiger partial charge is 0.351 e. The van der Waals surface area contributed by atoms with Crippen molar-refractivity contribution in [2.24, 2.45) is 0 Å². The summed E-state index contributed by atoms with van der Waals surface area (Å²) in [6.07, 6.45) is 0.313. The molecule has 2 heterocycles. The molecule has 0 spiro atoms. The molecular formula is C16H17ClN8. The zero-order valence-corrected chi connectivity index (χ0v) is 14.6. The third-order valence-corrected chi connectivity index (χ3v) is 3.30.